The number of nitrogens with one attached hydrogen (secondary N) is 1. The van der Waals surface area contributed by atoms with E-state index in [0.29, 0.717) is 16.3 Å². The number of methoxy groups -OCH3 is 1. The first-order valence-corrected chi connectivity index (χ1v) is 8.31. The molecule has 128 valence electrons. The van der Waals surface area contributed by atoms with E-state index in [1.54, 1.807) is 20.1 Å². The van der Waals surface area contributed by atoms with Gasteiger partial charge in [-0.05, 0) is 31.9 Å². The molecule has 0 aliphatic carbocycles. The molecule has 0 saturated carbocycles. The van der Waals surface area contributed by atoms with Crippen LogP contribution in [0.15, 0.2) is 24.3 Å². The van der Waals surface area contributed by atoms with Crippen molar-refractivity contribution >= 4 is 23.2 Å². The molecule has 1 aromatic heterocycles. The maximum atomic E-state index is 12.2. The molecule has 0 fully saturated rings. The zero-order valence-corrected chi connectivity index (χ0v) is 14.6. The Balaban J connectivity index is 2.05. The lowest BCUT2D eigenvalue weighted by molar-refractivity contribution is -0.141. The van der Waals surface area contributed by atoms with Crippen molar-refractivity contribution < 1.29 is 19.4 Å². The van der Waals surface area contributed by atoms with Gasteiger partial charge >= 0.3 is 5.97 Å². The predicted octanol–water partition coefficient (Wildman–Crippen LogP) is 2.44. The first-order valence-electron chi connectivity index (χ1n) is 7.49. The number of hydrogen-bond donors (Lipinski definition) is 2. The lowest BCUT2D eigenvalue weighted by atomic mass is 9.98. The molecule has 1 atom stereocenters. The van der Waals surface area contributed by atoms with Gasteiger partial charge in [0.15, 0.2) is 0 Å². The summed E-state index contributed by atoms with van der Waals surface area (Å²) in [5.41, 5.74) is 1.46. The van der Waals surface area contributed by atoms with E-state index >= 15 is 0 Å². The molecule has 2 N–H and O–H groups in total. The van der Waals surface area contributed by atoms with E-state index in [1.165, 1.54) is 11.3 Å². The van der Waals surface area contributed by atoms with Crippen molar-refractivity contribution in [2.75, 3.05) is 13.7 Å². The van der Waals surface area contributed by atoms with Crippen LogP contribution in [-0.2, 0) is 11.2 Å². The van der Waals surface area contributed by atoms with Crippen LogP contribution in [0.3, 0.4) is 0 Å². The third-order valence-corrected chi connectivity index (χ3v) is 4.70. The van der Waals surface area contributed by atoms with E-state index in [1.807, 2.05) is 25.1 Å². The monoisotopic (exact) mass is 348 g/mol. The normalized spacial score (nSPS) is 11.8. The lowest BCUT2D eigenvalue weighted by Crippen LogP contribution is -2.34. The van der Waals surface area contributed by atoms with Gasteiger partial charge in [-0.3, -0.25) is 9.59 Å². The van der Waals surface area contributed by atoms with E-state index in [0.717, 1.165) is 10.6 Å². The van der Waals surface area contributed by atoms with Gasteiger partial charge in [0, 0.05) is 6.54 Å². The SMILES string of the molecule is COc1ccccc1CC(CNC(=O)c1sc(C)nc1C)C(=O)O. The molecule has 24 heavy (non-hydrogen) atoms. The van der Waals surface area contributed by atoms with Gasteiger partial charge in [-0.15, -0.1) is 11.3 Å². The zero-order valence-electron chi connectivity index (χ0n) is 13.8. The largest absolute Gasteiger partial charge is 0.496 e. The fraction of sp³-hybridized carbons (Fsp3) is 0.353. The number of aromatic nitrogens is 1. The summed E-state index contributed by atoms with van der Waals surface area (Å²) in [6, 6.07) is 7.27. The summed E-state index contributed by atoms with van der Waals surface area (Å²) < 4.78 is 5.25. The number of nitrogens with zero attached hydrogens (tertiary/aromatic N) is 1. The Bertz CT molecular complexity index is 742. The molecule has 0 spiro atoms. The van der Waals surface area contributed by atoms with Crippen LogP contribution in [0, 0.1) is 19.8 Å². The number of hydrogen-bond acceptors (Lipinski definition) is 5. The third kappa shape index (κ3) is 4.32. The van der Waals surface area contributed by atoms with Crippen molar-refractivity contribution in [1.29, 1.82) is 0 Å². The standard InChI is InChI=1S/C17H20N2O4S/c1-10-15(24-11(2)19-10)16(20)18-9-13(17(21)22)8-12-6-4-5-7-14(12)23-3/h4-7,13H,8-9H2,1-3H3,(H,18,20)(H,21,22). The Kier molecular flexibility index (Phi) is 5.92. The highest BCUT2D eigenvalue weighted by Gasteiger charge is 2.22. The minimum absolute atomic E-state index is 0.0442. The number of carboxylic acid groups (broad SMARTS) is 1. The first kappa shape index (κ1) is 17.9. The van der Waals surface area contributed by atoms with E-state index in [2.05, 4.69) is 10.3 Å². The Hall–Kier alpha value is -2.41. The summed E-state index contributed by atoms with van der Waals surface area (Å²) >= 11 is 1.30. The average molecular weight is 348 g/mol. The molecule has 0 radical (unpaired) electrons. The van der Waals surface area contributed by atoms with Crippen molar-refractivity contribution in [3.05, 3.63) is 45.4 Å². The highest BCUT2D eigenvalue weighted by molar-refractivity contribution is 7.13. The number of rotatable bonds is 7. The predicted molar refractivity (Wildman–Crippen MR) is 91.7 cm³/mol. The lowest BCUT2D eigenvalue weighted by Gasteiger charge is -2.15. The summed E-state index contributed by atoms with van der Waals surface area (Å²) in [4.78, 5) is 28.5. The minimum atomic E-state index is -0.960. The summed E-state index contributed by atoms with van der Waals surface area (Å²) in [6.07, 6.45) is 0.278. The van der Waals surface area contributed by atoms with Gasteiger partial charge in [0.2, 0.25) is 0 Å². The molecule has 1 aromatic carbocycles. The molecule has 2 rings (SSSR count). The summed E-state index contributed by atoms with van der Waals surface area (Å²) in [6.45, 7) is 3.64. The first-order chi connectivity index (χ1) is 11.4. The van der Waals surface area contributed by atoms with Crippen LogP contribution in [0.4, 0.5) is 0 Å². The number of amides is 1. The minimum Gasteiger partial charge on any atom is -0.496 e. The number of benzene rings is 1. The van der Waals surface area contributed by atoms with Gasteiger partial charge in [-0.25, -0.2) is 4.98 Å². The molecule has 0 saturated heterocycles. The number of para-hydroxylation sites is 1. The summed E-state index contributed by atoms with van der Waals surface area (Å²) in [5.74, 6) is -1.34. The highest BCUT2D eigenvalue weighted by Crippen LogP contribution is 2.21. The molecular formula is C17H20N2O4S. The second-order valence-corrected chi connectivity index (χ2v) is 6.61. The van der Waals surface area contributed by atoms with Crippen molar-refractivity contribution in [1.82, 2.24) is 10.3 Å². The molecule has 0 aliphatic heterocycles. The van der Waals surface area contributed by atoms with E-state index in [9.17, 15) is 14.7 Å². The second-order valence-electron chi connectivity index (χ2n) is 5.41. The molecular weight excluding hydrogens is 328 g/mol. The molecule has 0 bridgehead atoms. The van der Waals surface area contributed by atoms with Crippen molar-refractivity contribution in [3.63, 3.8) is 0 Å². The molecule has 6 nitrogen and oxygen atoms in total. The fourth-order valence-electron chi connectivity index (χ4n) is 2.42. The molecule has 0 aliphatic rings. The van der Waals surface area contributed by atoms with Crippen molar-refractivity contribution in [3.8, 4) is 5.75 Å². The summed E-state index contributed by atoms with van der Waals surface area (Å²) in [5, 5.41) is 12.9. The quantitative estimate of drug-likeness (QED) is 0.802. The number of thiazole rings is 1. The number of carbonyl (C=O) groups is 2. The topological polar surface area (TPSA) is 88.5 Å². The van der Waals surface area contributed by atoms with Crippen LogP contribution >= 0.6 is 11.3 Å². The maximum Gasteiger partial charge on any atom is 0.308 e. The van der Waals surface area contributed by atoms with Gasteiger partial charge in [0.25, 0.3) is 5.91 Å². The van der Waals surface area contributed by atoms with E-state index < -0.39 is 11.9 Å². The Labute approximate surface area is 144 Å². The van der Waals surface area contributed by atoms with E-state index in [-0.39, 0.29) is 18.9 Å². The molecule has 1 amide bonds. The van der Waals surface area contributed by atoms with Crippen LogP contribution in [0.5, 0.6) is 5.75 Å². The summed E-state index contributed by atoms with van der Waals surface area (Å²) in [7, 11) is 1.55. The highest BCUT2D eigenvalue weighted by atomic mass is 32.1. The van der Waals surface area contributed by atoms with E-state index in [4.69, 9.17) is 4.74 Å². The van der Waals surface area contributed by atoms with Crippen LogP contribution in [-0.4, -0.2) is 35.6 Å². The number of carbonyl (C=O) groups excluding carboxylic acids is 1. The van der Waals surface area contributed by atoms with Gasteiger partial charge in [-0.2, -0.15) is 0 Å². The van der Waals surface area contributed by atoms with Crippen LogP contribution < -0.4 is 10.1 Å². The smallest absolute Gasteiger partial charge is 0.308 e. The number of carboxylic acids is 1. The molecule has 1 unspecified atom stereocenters. The number of aliphatic carboxylic acids is 1. The van der Waals surface area contributed by atoms with Crippen LogP contribution in [0.2, 0.25) is 0 Å². The van der Waals surface area contributed by atoms with Crippen molar-refractivity contribution in [2.24, 2.45) is 5.92 Å². The van der Waals surface area contributed by atoms with Gasteiger partial charge in [0.1, 0.15) is 10.6 Å². The van der Waals surface area contributed by atoms with Crippen molar-refractivity contribution in [2.45, 2.75) is 20.3 Å². The number of ether oxygens (including phenoxy) is 1. The maximum absolute atomic E-state index is 12.2. The zero-order chi connectivity index (χ0) is 17.7. The Morgan fingerprint density at radius 2 is 2.04 bits per heavy atom. The molecule has 1 heterocycles. The fourth-order valence-corrected chi connectivity index (χ4v) is 3.26. The van der Waals surface area contributed by atoms with Crippen LogP contribution in [0.25, 0.3) is 0 Å². The van der Waals surface area contributed by atoms with Gasteiger partial charge in [0.05, 0.1) is 23.7 Å². The molecule has 7 heteroatoms. The second kappa shape index (κ2) is 7.92. The molecule has 2 aromatic rings. The Morgan fingerprint density at radius 1 is 1.33 bits per heavy atom. The van der Waals surface area contributed by atoms with Gasteiger partial charge < -0.3 is 15.2 Å². The third-order valence-electron chi connectivity index (χ3n) is 3.63. The number of aryl methyl sites for hydroxylation is 2. The van der Waals surface area contributed by atoms with Crippen LogP contribution in [0.1, 0.15) is 25.9 Å². The van der Waals surface area contributed by atoms with Gasteiger partial charge in [-0.1, -0.05) is 18.2 Å². The Morgan fingerprint density at radius 3 is 2.62 bits per heavy atom. The average Bonchev–Trinajstić information content (AvgIpc) is 2.89.